The molecule has 0 heterocycles. The van der Waals surface area contributed by atoms with Crippen LogP contribution in [-0.2, 0) is 9.63 Å². The molecule has 150 valence electrons. The summed E-state index contributed by atoms with van der Waals surface area (Å²) in [5.74, 6) is 0.895. The number of oxime groups is 1. The fourth-order valence-corrected chi connectivity index (χ4v) is 3.24. The van der Waals surface area contributed by atoms with Crippen LogP contribution < -0.4 is 19.9 Å². The number of hydrogen-bond acceptors (Lipinski definition) is 6. The number of ether oxygens (including phenoxy) is 3. The van der Waals surface area contributed by atoms with E-state index in [1.165, 1.54) is 14.2 Å². The molecular formula is C21H19BrN2O5. The number of methoxy groups -OCH3 is 2. The van der Waals surface area contributed by atoms with E-state index in [1.54, 1.807) is 24.3 Å². The highest BCUT2D eigenvalue weighted by molar-refractivity contribution is 9.10. The first kappa shape index (κ1) is 20.5. The third kappa shape index (κ3) is 4.78. The van der Waals surface area contributed by atoms with E-state index >= 15 is 0 Å². The third-order valence-corrected chi connectivity index (χ3v) is 4.92. The second-order valence-electron chi connectivity index (χ2n) is 5.90. The van der Waals surface area contributed by atoms with Gasteiger partial charge >= 0.3 is 5.97 Å². The number of fused-ring (bicyclic) bond motifs is 1. The minimum Gasteiger partial charge on any atom is -0.493 e. The lowest BCUT2D eigenvalue weighted by atomic mass is 10.1. The minimum atomic E-state index is -0.687. The van der Waals surface area contributed by atoms with Crippen LogP contribution in [0.1, 0.15) is 5.56 Å². The lowest BCUT2D eigenvalue weighted by molar-refractivity contribution is -0.146. The molecule has 0 unspecified atom stereocenters. The second kappa shape index (κ2) is 9.29. The van der Waals surface area contributed by atoms with Gasteiger partial charge in [-0.1, -0.05) is 35.5 Å². The van der Waals surface area contributed by atoms with Crippen LogP contribution in [0.3, 0.4) is 0 Å². The maximum Gasteiger partial charge on any atom is 0.372 e. The van der Waals surface area contributed by atoms with Gasteiger partial charge in [0.15, 0.2) is 23.9 Å². The van der Waals surface area contributed by atoms with Gasteiger partial charge in [-0.25, -0.2) is 4.79 Å². The maximum atomic E-state index is 12.0. The van der Waals surface area contributed by atoms with E-state index in [0.29, 0.717) is 22.8 Å². The van der Waals surface area contributed by atoms with E-state index in [-0.39, 0.29) is 12.4 Å². The summed E-state index contributed by atoms with van der Waals surface area (Å²) in [6.45, 7) is -0.320. The zero-order valence-corrected chi connectivity index (χ0v) is 17.4. The summed E-state index contributed by atoms with van der Waals surface area (Å²) in [5.41, 5.74) is 6.40. The Morgan fingerprint density at radius 1 is 1.00 bits per heavy atom. The van der Waals surface area contributed by atoms with Gasteiger partial charge in [0.1, 0.15) is 5.75 Å². The van der Waals surface area contributed by atoms with Crippen molar-refractivity contribution in [1.29, 1.82) is 0 Å². The Kier molecular flexibility index (Phi) is 6.56. The van der Waals surface area contributed by atoms with Crippen LogP contribution in [0.15, 0.2) is 64.2 Å². The molecule has 0 aliphatic rings. The van der Waals surface area contributed by atoms with Crippen LogP contribution in [-0.4, -0.2) is 32.6 Å². The maximum absolute atomic E-state index is 12.0. The Labute approximate surface area is 176 Å². The number of amidine groups is 1. The fourth-order valence-electron chi connectivity index (χ4n) is 2.64. The molecule has 0 radical (unpaired) electrons. The molecule has 3 rings (SSSR count). The van der Waals surface area contributed by atoms with E-state index in [4.69, 9.17) is 24.8 Å². The van der Waals surface area contributed by atoms with Crippen molar-refractivity contribution in [3.63, 3.8) is 0 Å². The van der Waals surface area contributed by atoms with Crippen molar-refractivity contribution in [3.8, 4) is 17.2 Å². The standard InChI is InChI=1S/C21H19BrN2O5/c1-26-16-9-8-14(11-18(16)27-2)21(23)24-29-19(25)12-28-17-10-7-13-5-3-4-6-15(13)20(17)22/h3-11H,12H2,1-2H3,(H2,23,24). The van der Waals surface area contributed by atoms with Gasteiger partial charge in [-0.3, -0.25) is 0 Å². The Balaban J connectivity index is 1.63. The zero-order chi connectivity index (χ0) is 20.8. The average molecular weight is 459 g/mol. The molecule has 3 aromatic carbocycles. The molecule has 0 atom stereocenters. The van der Waals surface area contributed by atoms with Crippen LogP contribution in [0.2, 0.25) is 0 Å². The van der Waals surface area contributed by atoms with Crippen molar-refractivity contribution in [2.75, 3.05) is 20.8 Å². The highest BCUT2D eigenvalue weighted by Gasteiger charge is 2.11. The van der Waals surface area contributed by atoms with E-state index < -0.39 is 5.97 Å². The molecule has 2 N–H and O–H groups in total. The molecule has 0 aliphatic heterocycles. The molecule has 0 fully saturated rings. The smallest absolute Gasteiger partial charge is 0.372 e. The lowest BCUT2D eigenvalue weighted by Crippen LogP contribution is -2.18. The molecule has 29 heavy (non-hydrogen) atoms. The monoisotopic (exact) mass is 458 g/mol. The molecule has 0 saturated heterocycles. The van der Waals surface area contributed by atoms with Crippen molar-refractivity contribution in [2.45, 2.75) is 0 Å². The first-order valence-electron chi connectivity index (χ1n) is 8.59. The zero-order valence-electron chi connectivity index (χ0n) is 15.8. The van der Waals surface area contributed by atoms with Crippen LogP contribution in [0.5, 0.6) is 17.2 Å². The molecule has 0 spiro atoms. The highest BCUT2D eigenvalue weighted by atomic mass is 79.9. The molecule has 0 saturated carbocycles. The fraction of sp³-hybridized carbons (Fsp3) is 0.143. The lowest BCUT2D eigenvalue weighted by Gasteiger charge is -2.10. The van der Waals surface area contributed by atoms with E-state index in [1.807, 2.05) is 30.3 Å². The first-order chi connectivity index (χ1) is 14.0. The van der Waals surface area contributed by atoms with Crippen molar-refractivity contribution in [2.24, 2.45) is 10.9 Å². The summed E-state index contributed by atoms with van der Waals surface area (Å²) >= 11 is 3.50. The topological polar surface area (TPSA) is 92.4 Å². The largest absolute Gasteiger partial charge is 0.493 e. The van der Waals surface area contributed by atoms with Crippen molar-refractivity contribution >= 4 is 38.5 Å². The number of nitrogens with two attached hydrogens (primary N) is 1. The SMILES string of the molecule is COc1ccc(C(N)=NOC(=O)COc2ccc3ccccc3c2Br)cc1OC. The number of carbonyl (C=O) groups excluding carboxylic acids is 1. The van der Waals surface area contributed by atoms with Crippen LogP contribution >= 0.6 is 15.9 Å². The molecule has 8 heteroatoms. The summed E-state index contributed by atoms with van der Waals surface area (Å²) in [5, 5.41) is 5.70. The number of halogens is 1. The number of carbonyl (C=O) groups is 1. The normalized spacial score (nSPS) is 11.2. The molecule has 0 aliphatic carbocycles. The number of rotatable bonds is 7. The van der Waals surface area contributed by atoms with E-state index in [0.717, 1.165) is 15.2 Å². The Bertz CT molecular complexity index is 1070. The highest BCUT2D eigenvalue weighted by Crippen LogP contribution is 2.33. The molecule has 0 bridgehead atoms. The minimum absolute atomic E-state index is 0.0196. The Hall–Kier alpha value is -3.26. The Morgan fingerprint density at radius 3 is 2.48 bits per heavy atom. The van der Waals surface area contributed by atoms with Crippen molar-refractivity contribution < 1.29 is 23.8 Å². The predicted octanol–water partition coefficient (Wildman–Crippen LogP) is 3.86. The second-order valence-corrected chi connectivity index (χ2v) is 6.69. The van der Waals surface area contributed by atoms with Crippen LogP contribution in [0.25, 0.3) is 10.8 Å². The first-order valence-corrected chi connectivity index (χ1v) is 9.38. The molecule has 7 nitrogen and oxygen atoms in total. The van der Waals surface area contributed by atoms with Gasteiger partial charge in [0.05, 0.1) is 18.7 Å². The van der Waals surface area contributed by atoms with E-state index in [2.05, 4.69) is 21.1 Å². The van der Waals surface area contributed by atoms with E-state index in [9.17, 15) is 4.79 Å². The molecule has 0 amide bonds. The third-order valence-electron chi connectivity index (χ3n) is 4.10. The summed E-state index contributed by atoms with van der Waals surface area (Å²) < 4.78 is 16.7. The number of benzene rings is 3. The van der Waals surface area contributed by atoms with Gasteiger partial charge in [0.2, 0.25) is 0 Å². The Morgan fingerprint density at radius 2 is 1.72 bits per heavy atom. The predicted molar refractivity (Wildman–Crippen MR) is 114 cm³/mol. The van der Waals surface area contributed by atoms with Crippen LogP contribution in [0, 0.1) is 0 Å². The van der Waals surface area contributed by atoms with Crippen LogP contribution in [0.4, 0.5) is 0 Å². The van der Waals surface area contributed by atoms with Gasteiger partial charge in [-0.15, -0.1) is 0 Å². The average Bonchev–Trinajstić information content (AvgIpc) is 2.76. The van der Waals surface area contributed by atoms with Gasteiger partial charge in [-0.2, -0.15) is 0 Å². The van der Waals surface area contributed by atoms with Crippen molar-refractivity contribution in [1.82, 2.24) is 0 Å². The molecule has 0 aromatic heterocycles. The molecular weight excluding hydrogens is 440 g/mol. The van der Waals surface area contributed by atoms with Gasteiger partial charge < -0.3 is 24.8 Å². The number of nitrogens with zero attached hydrogens (tertiary/aromatic N) is 1. The summed E-state index contributed by atoms with van der Waals surface area (Å²) in [6.07, 6.45) is 0. The quantitative estimate of drug-likeness (QED) is 0.250. The van der Waals surface area contributed by atoms with Gasteiger partial charge in [-0.05, 0) is 51.0 Å². The van der Waals surface area contributed by atoms with Gasteiger partial charge in [0, 0.05) is 5.56 Å². The summed E-state index contributed by atoms with van der Waals surface area (Å²) in [7, 11) is 3.04. The van der Waals surface area contributed by atoms with Gasteiger partial charge in [0.25, 0.3) is 0 Å². The summed E-state index contributed by atoms with van der Waals surface area (Å²) in [6, 6.07) is 16.5. The summed E-state index contributed by atoms with van der Waals surface area (Å²) in [4.78, 5) is 16.8. The number of hydrogen-bond donors (Lipinski definition) is 1. The molecule has 3 aromatic rings. The van der Waals surface area contributed by atoms with Crippen molar-refractivity contribution in [3.05, 3.63) is 64.6 Å².